The molecule has 0 bridgehead atoms. The van der Waals surface area contributed by atoms with Crippen LogP contribution in [0.4, 0.5) is 14.5 Å². The molecule has 13 nitrogen and oxygen atoms in total. The van der Waals surface area contributed by atoms with Gasteiger partial charge in [-0.15, -0.1) is 0 Å². The van der Waals surface area contributed by atoms with Gasteiger partial charge in [0.1, 0.15) is 0 Å². The van der Waals surface area contributed by atoms with Crippen LogP contribution in [0.3, 0.4) is 0 Å². The van der Waals surface area contributed by atoms with Gasteiger partial charge in [-0.2, -0.15) is 4.39 Å². The van der Waals surface area contributed by atoms with Gasteiger partial charge in [-0.25, -0.2) is 22.5 Å². The Balaban J connectivity index is 0.00000160. The molecule has 3 heterocycles. The normalized spacial score (nSPS) is 15.8. The van der Waals surface area contributed by atoms with E-state index in [0.29, 0.717) is 57.5 Å². The van der Waals surface area contributed by atoms with Gasteiger partial charge >= 0.3 is 0 Å². The SMILES string of the molecule is COc1ccc(-c2cnc(C(=O)Nc3ccc(C(=O)N4CCC(NS(=O)(=O)C5CCNCC5)CC4)c(Cl)c3)n2C)c(F)c1F.O=CO. The molecule has 3 aromatic rings. The molecule has 2 saturated heterocycles. The summed E-state index contributed by atoms with van der Waals surface area (Å²) in [5.41, 5.74) is 0.631. The molecule has 0 saturated carbocycles. The minimum absolute atomic E-state index is 0.0643. The van der Waals surface area contributed by atoms with Gasteiger partial charge in [0, 0.05) is 37.4 Å². The van der Waals surface area contributed by atoms with Crippen molar-refractivity contribution in [1.82, 2.24) is 24.5 Å². The van der Waals surface area contributed by atoms with Gasteiger partial charge < -0.3 is 29.9 Å². The Hall–Kier alpha value is -4.12. The Labute approximate surface area is 275 Å². The third-order valence-corrected chi connectivity index (χ3v) is 10.4. The summed E-state index contributed by atoms with van der Waals surface area (Å²) in [6, 6.07) is 6.85. The summed E-state index contributed by atoms with van der Waals surface area (Å²) in [6.07, 6.45) is 3.39. The Kier molecular flexibility index (Phi) is 11.9. The zero-order valence-corrected chi connectivity index (χ0v) is 27.2. The van der Waals surface area contributed by atoms with Crippen LogP contribution < -0.4 is 20.1 Å². The van der Waals surface area contributed by atoms with Gasteiger partial charge in [0.15, 0.2) is 17.4 Å². The van der Waals surface area contributed by atoms with Crippen LogP contribution >= 0.6 is 11.6 Å². The first-order chi connectivity index (χ1) is 22.4. The molecule has 2 aromatic carbocycles. The number of imidazole rings is 1. The average Bonchev–Trinajstić information content (AvgIpc) is 3.44. The third kappa shape index (κ3) is 8.25. The number of amides is 2. The third-order valence-electron chi connectivity index (χ3n) is 8.03. The van der Waals surface area contributed by atoms with Gasteiger partial charge in [-0.1, -0.05) is 11.6 Å². The van der Waals surface area contributed by atoms with Crippen LogP contribution in [-0.4, -0.2) is 90.8 Å². The molecule has 17 heteroatoms. The molecule has 1 aromatic heterocycles. The molecular formula is C30H35ClF2N6O7S. The lowest BCUT2D eigenvalue weighted by molar-refractivity contribution is -0.122. The van der Waals surface area contributed by atoms with E-state index >= 15 is 0 Å². The van der Waals surface area contributed by atoms with Crippen molar-refractivity contribution in [3.8, 4) is 17.0 Å². The first-order valence-electron chi connectivity index (χ1n) is 14.7. The Bertz CT molecular complexity index is 1730. The van der Waals surface area contributed by atoms with Crippen LogP contribution in [-0.2, 0) is 21.9 Å². The van der Waals surface area contributed by atoms with E-state index in [9.17, 15) is 26.8 Å². The number of carbonyl (C=O) groups excluding carboxylic acids is 2. The van der Waals surface area contributed by atoms with Crippen molar-refractivity contribution in [2.24, 2.45) is 7.05 Å². The number of piperidine rings is 2. The second kappa shape index (κ2) is 15.6. The molecule has 0 atom stereocenters. The van der Waals surface area contributed by atoms with Crippen molar-refractivity contribution >= 4 is 45.6 Å². The molecule has 0 unspecified atom stereocenters. The minimum atomic E-state index is -3.43. The fourth-order valence-corrected chi connectivity index (χ4v) is 7.53. The van der Waals surface area contributed by atoms with Gasteiger partial charge in [-0.05, 0) is 69.1 Å². The summed E-state index contributed by atoms with van der Waals surface area (Å²) in [7, 11) is -0.704. The van der Waals surface area contributed by atoms with Gasteiger partial charge in [0.05, 0.1) is 34.8 Å². The van der Waals surface area contributed by atoms with E-state index in [-0.39, 0.29) is 51.8 Å². The molecule has 4 N–H and O–H groups in total. The second-order valence-corrected chi connectivity index (χ2v) is 13.3. The molecule has 0 aliphatic carbocycles. The predicted molar refractivity (Wildman–Crippen MR) is 170 cm³/mol. The first kappa shape index (κ1) is 35.7. The zero-order valence-electron chi connectivity index (χ0n) is 25.6. The molecule has 2 fully saturated rings. The van der Waals surface area contributed by atoms with E-state index in [2.05, 4.69) is 20.3 Å². The maximum atomic E-state index is 14.6. The smallest absolute Gasteiger partial charge is 0.291 e. The molecule has 2 amide bonds. The Morgan fingerprint density at radius 1 is 1.11 bits per heavy atom. The van der Waals surface area contributed by atoms with Crippen molar-refractivity contribution in [1.29, 1.82) is 0 Å². The van der Waals surface area contributed by atoms with E-state index in [1.165, 1.54) is 55.3 Å². The summed E-state index contributed by atoms with van der Waals surface area (Å²) in [5.74, 6) is -3.51. The number of aromatic nitrogens is 2. The number of halogens is 3. The highest BCUT2D eigenvalue weighted by molar-refractivity contribution is 7.90. The van der Waals surface area contributed by atoms with Crippen molar-refractivity contribution in [2.75, 3.05) is 38.6 Å². The molecule has 47 heavy (non-hydrogen) atoms. The molecule has 2 aliphatic heterocycles. The minimum Gasteiger partial charge on any atom is -0.494 e. The maximum absolute atomic E-state index is 14.6. The zero-order chi connectivity index (χ0) is 34.3. The number of benzene rings is 2. The van der Waals surface area contributed by atoms with E-state index in [1.54, 1.807) is 4.90 Å². The van der Waals surface area contributed by atoms with Crippen LogP contribution in [0.5, 0.6) is 5.75 Å². The van der Waals surface area contributed by atoms with Gasteiger partial charge in [0.25, 0.3) is 18.3 Å². The number of nitrogens with zero attached hydrogens (tertiary/aromatic N) is 3. The van der Waals surface area contributed by atoms with Crippen LogP contribution in [0.25, 0.3) is 11.3 Å². The number of nitrogens with one attached hydrogen (secondary N) is 3. The number of ether oxygens (including phenoxy) is 1. The fourth-order valence-electron chi connectivity index (χ4n) is 5.52. The van der Waals surface area contributed by atoms with E-state index in [1.807, 2.05) is 0 Å². The summed E-state index contributed by atoms with van der Waals surface area (Å²) >= 11 is 6.44. The summed E-state index contributed by atoms with van der Waals surface area (Å²) in [4.78, 5) is 40.3. The van der Waals surface area contributed by atoms with Crippen molar-refractivity contribution < 1.29 is 41.4 Å². The van der Waals surface area contributed by atoms with Gasteiger partial charge in [-0.3, -0.25) is 14.4 Å². The number of hydrogen-bond acceptors (Lipinski definition) is 8. The molecule has 2 aliphatic rings. The number of hydrogen-bond donors (Lipinski definition) is 4. The number of carbonyl (C=O) groups is 3. The Morgan fingerprint density at radius 3 is 2.38 bits per heavy atom. The predicted octanol–water partition coefficient (Wildman–Crippen LogP) is 3.26. The van der Waals surface area contributed by atoms with Crippen molar-refractivity contribution in [3.63, 3.8) is 0 Å². The summed E-state index contributed by atoms with van der Waals surface area (Å²) < 4.78 is 63.4. The average molecular weight is 697 g/mol. The van der Waals surface area contributed by atoms with Crippen LogP contribution in [0.1, 0.15) is 46.7 Å². The van der Waals surface area contributed by atoms with E-state index in [0.717, 1.165) is 0 Å². The molecular weight excluding hydrogens is 662 g/mol. The van der Waals surface area contributed by atoms with Crippen LogP contribution in [0.15, 0.2) is 36.5 Å². The highest BCUT2D eigenvalue weighted by atomic mass is 35.5. The summed E-state index contributed by atoms with van der Waals surface area (Å²) in [5, 5.41) is 12.4. The highest BCUT2D eigenvalue weighted by Gasteiger charge is 2.32. The lowest BCUT2D eigenvalue weighted by atomic mass is 10.0. The van der Waals surface area contributed by atoms with E-state index in [4.69, 9.17) is 26.2 Å². The number of likely N-dealkylation sites (tertiary alicyclic amines) is 1. The first-order valence-corrected chi connectivity index (χ1v) is 16.6. The van der Waals surface area contributed by atoms with E-state index < -0.39 is 32.8 Å². The molecule has 0 radical (unpaired) electrons. The molecule has 254 valence electrons. The highest BCUT2D eigenvalue weighted by Crippen LogP contribution is 2.30. The van der Waals surface area contributed by atoms with Crippen LogP contribution in [0.2, 0.25) is 5.02 Å². The number of carboxylic acid groups (broad SMARTS) is 1. The van der Waals surface area contributed by atoms with Crippen LogP contribution in [0, 0.1) is 11.6 Å². The lowest BCUT2D eigenvalue weighted by Gasteiger charge is -2.33. The quantitative estimate of drug-likeness (QED) is 0.258. The standard InChI is InChI=1S/C29H33ClF2N6O5S.CH2O2/c1-37-23(21-5-6-24(43-2)26(32)25(21)31)16-34-27(37)28(39)35-18-3-4-20(22(30)15-18)29(40)38-13-9-17(10-14-38)36-44(41,42)19-7-11-33-12-8-19;2-1-3/h3-6,15-17,19,33,36H,7-14H2,1-2H3,(H,35,39);1H,(H,2,3). The monoisotopic (exact) mass is 696 g/mol. The van der Waals surface area contributed by atoms with Crippen molar-refractivity contribution in [2.45, 2.75) is 37.0 Å². The number of rotatable bonds is 8. The molecule has 5 rings (SSSR count). The maximum Gasteiger partial charge on any atom is 0.291 e. The Morgan fingerprint density at radius 2 is 1.77 bits per heavy atom. The van der Waals surface area contributed by atoms with Crippen molar-refractivity contribution in [3.05, 3.63) is 64.6 Å². The lowest BCUT2D eigenvalue weighted by Crippen LogP contribution is -2.50. The molecule has 0 spiro atoms. The van der Waals surface area contributed by atoms with Gasteiger partial charge in [0.2, 0.25) is 15.8 Å². The summed E-state index contributed by atoms with van der Waals surface area (Å²) in [6.45, 7) is 1.85. The number of sulfonamides is 1. The topological polar surface area (TPSA) is 172 Å². The largest absolute Gasteiger partial charge is 0.494 e. The number of methoxy groups -OCH3 is 1. The second-order valence-electron chi connectivity index (χ2n) is 10.9. The fraction of sp³-hybridized carbons (Fsp3) is 0.400. The number of anilines is 1.